The van der Waals surface area contributed by atoms with Gasteiger partial charge in [-0.15, -0.1) is 0 Å². The van der Waals surface area contributed by atoms with Crippen molar-refractivity contribution >= 4 is 5.97 Å². The van der Waals surface area contributed by atoms with Crippen molar-refractivity contribution in [2.45, 2.75) is 66.4 Å². The first-order valence-electron chi connectivity index (χ1n) is 7.59. The summed E-state index contributed by atoms with van der Waals surface area (Å²) in [6.45, 7) is 10.9. The molecule has 2 aliphatic carbocycles. The highest BCUT2D eigenvalue weighted by Crippen LogP contribution is 2.63. The van der Waals surface area contributed by atoms with Crippen LogP contribution in [0.2, 0.25) is 0 Å². The smallest absolute Gasteiger partial charge is 0.310 e. The van der Waals surface area contributed by atoms with Crippen LogP contribution in [0.5, 0.6) is 0 Å². The largest absolute Gasteiger partial charge is 0.438 e. The number of carbonyl (C=O) groups excluding carboxylic acids is 1. The highest BCUT2D eigenvalue weighted by molar-refractivity contribution is 5.71. The second kappa shape index (κ2) is 5.08. The second-order valence-corrected chi connectivity index (χ2v) is 7.35. The van der Waals surface area contributed by atoms with Gasteiger partial charge in [0.25, 0.3) is 0 Å². The lowest BCUT2D eigenvalue weighted by atomic mass is 9.70. The SMILES string of the molecule is CCC(C)C(=O)OCOC1C2(C)CCC(C2)C1(C)C. The third kappa shape index (κ3) is 2.54. The molecule has 4 unspecified atom stereocenters. The number of ether oxygens (including phenoxy) is 2. The van der Waals surface area contributed by atoms with Gasteiger partial charge in [0, 0.05) is 0 Å². The molecule has 4 atom stereocenters. The predicted octanol–water partition coefficient (Wildman–Crippen LogP) is 3.76. The number of carbonyl (C=O) groups is 1. The maximum Gasteiger partial charge on any atom is 0.310 e. The van der Waals surface area contributed by atoms with E-state index in [1.54, 1.807) is 0 Å². The van der Waals surface area contributed by atoms with Gasteiger partial charge in [0.05, 0.1) is 12.0 Å². The molecule has 2 rings (SSSR count). The van der Waals surface area contributed by atoms with Crippen LogP contribution < -0.4 is 0 Å². The van der Waals surface area contributed by atoms with Crippen LogP contribution in [-0.4, -0.2) is 18.9 Å². The first-order valence-corrected chi connectivity index (χ1v) is 7.59. The number of hydrogen-bond donors (Lipinski definition) is 0. The molecule has 2 aliphatic rings. The fourth-order valence-electron chi connectivity index (χ4n) is 4.14. The minimum Gasteiger partial charge on any atom is -0.438 e. The Balaban J connectivity index is 1.88. The van der Waals surface area contributed by atoms with Crippen molar-refractivity contribution in [3.05, 3.63) is 0 Å². The summed E-state index contributed by atoms with van der Waals surface area (Å²) >= 11 is 0. The molecule has 0 aromatic carbocycles. The van der Waals surface area contributed by atoms with Crippen molar-refractivity contribution in [2.75, 3.05) is 6.79 Å². The second-order valence-electron chi connectivity index (χ2n) is 7.35. The average Bonchev–Trinajstić information content (AvgIpc) is 2.83. The first-order chi connectivity index (χ1) is 8.81. The molecular formula is C16H28O3. The van der Waals surface area contributed by atoms with Crippen LogP contribution in [0.15, 0.2) is 0 Å². The van der Waals surface area contributed by atoms with E-state index in [0.29, 0.717) is 0 Å². The van der Waals surface area contributed by atoms with Gasteiger partial charge in [-0.3, -0.25) is 4.79 Å². The number of esters is 1. The monoisotopic (exact) mass is 268 g/mol. The lowest BCUT2D eigenvalue weighted by Crippen LogP contribution is -2.43. The Morgan fingerprint density at radius 3 is 2.58 bits per heavy atom. The van der Waals surface area contributed by atoms with E-state index in [0.717, 1.165) is 12.3 Å². The van der Waals surface area contributed by atoms with Crippen LogP contribution >= 0.6 is 0 Å². The minimum absolute atomic E-state index is 0.0350. The molecular weight excluding hydrogens is 240 g/mol. The molecule has 0 saturated heterocycles. The average molecular weight is 268 g/mol. The van der Waals surface area contributed by atoms with Crippen molar-refractivity contribution < 1.29 is 14.3 Å². The fraction of sp³-hybridized carbons (Fsp3) is 0.938. The van der Waals surface area contributed by atoms with E-state index in [-0.39, 0.29) is 35.6 Å². The zero-order valence-electron chi connectivity index (χ0n) is 13.0. The van der Waals surface area contributed by atoms with Gasteiger partial charge in [-0.25, -0.2) is 0 Å². The van der Waals surface area contributed by atoms with E-state index in [2.05, 4.69) is 20.8 Å². The summed E-state index contributed by atoms with van der Waals surface area (Å²) in [5.74, 6) is 0.577. The van der Waals surface area contributed by atoms with Crippen LogP contribution in [0.4, 0.5) is 0 Å². The van der Waals surface area contributed by atoms with Crippen LogP contribution in [-0.2, 0) is 14.3 Å². The molecule has 2 fully saturated rings. The highest BCUT2D eigenvalue weighted by atomic mass is 16.7. The Morgan fingerprint density at radius 2 is 2.05 bits per heavy atom. The zero-order chi connectivity index (χ0) is 14.3. The lowest BCUT2D eigenvalue weighted by Gasteiger charge is -2.42. The third-order valence-corrected chi connectivity index (χ3v) is 5.59. The molecule has 0 N–H and O–H groups in total. The molecule has 0 radical (unpaired) electrons. The summed E-state index contributed by atoms with van der Waals surface area (Å²) in [5, 5.41) is 0. The van der Waals surface area contributed by atoms with Crippen LogP contribution in [0, 0.1) is 22.7 Å². The molecule has 2 bridgehead atoms. The van der Waals surface area contributed by atoms with Gasteiger partial charge < -0.3 is 9.47 Å². The van der Waals surface area contributed by atoms with Gasteiger partial charge in [0.2, 0.25) is 0 Å². The van der Waals surface area contributed by atoms with Crippen molar-refractivity contribution in [3.63, 3.8) is 0 Å². The summed E-state index contributed by atoms with van der Waals surface area (Å²) in [7, 11) is 0. The van der Waals surface area contributed by atoms with Gasteiger partial charge in [-0.1, -0.05) is 34.6 Å². The lowest BCUT2D eigenvalue weighted by molar-refractivity contribution is -0.182. The van der Waals surface area contributed by atoms with Crippen molar-refractivity contribution in [3.8, 4) is 0 Å². The summed E-state index contributed by atoms with van der Waals surface area (Å²) in [4.78, 5) is 11.6. The Bertz CT molecular complexity index is 345. The third-order valence-electron chi connectivity index (χ3n) is 5.59. The van der Waals surface area contributed by atoms with Gasteiger partial charge in [0.15, 0.2) is 6.79 Å². The van der Waals surface area contributed by atoms with Gasteiger partial charge in [-0.05, 0) is 42.4 Å². The standard InChI is InChI=1S/C16H28O3/c1-6-11(2)13(17)18-10-19-14-15(3,4)12-7-8-16(14,5)9-12/h11-12,14H,6-10H2,1-5H3. The molecule has 0 aromatic heterocycles. The van der Waals surface area contributed by atoms with E-state index >= 15 is 0 Å². The normalized spacial score (nSPS) is 37.3. The molecule has 0 spiro atoms. The van der Waals surface area contributed by atoms with Crippen molar-refractivity contribution in [2.24, 2.45) is 22.7 Å². The fourth-order valence-corrected chi connectivity index (χ4v) is 4.14. The Hall–Kier alpha value is -0.570. The highest BCUT2D eigenvalue weighted by Gasteiger charge is 2.60. The molecule has 0 heterocycles. The summed E-state index contributed by atoms with van der Waals surface area (Å²) < 4.78 is 11.2. The van der Waals surface area contributed by atoms with Crippen molar-refractivity contribution in [1.82, 2.24) is 0 Å². The van der Waals surface area contributed by atoms with E-state index in [4.69, 9.17) is 9.47 Å². The number of fused-ring (bicyclic) bond motifs is 2. The molecule has 3 nitrogen and oxygen atoms in total. The van der Waals surface area contributed by atoms with Gasteiger partial charge in [0.1, 0.15) is 0 Å². The number of rotatable bonds is 5. The van der Waals surface area contributed by atoms with Crippen LogP contribution in [0.25, 0.3) is 0 Å². The Morgan fingerprint density at radius 1 is 1.37 bits per heavy atom. The van der Waals surface area contributed by atoms with E-state index in [9.17, 15) is 4.79 Å². The first kappa shape index (κ1) is 14.8. The van der Waals surface area contributed by atoms with Crippen molar-refractivity contribution in [1.29, 1.82) is 0 Å². The molecule has 110 valence electrons. The molecule has 19 heavy (non-hydrogen) atoms. The number of hydrogen-bond acceptors (Lipinski definition) is 3. The molecule has 3 heteroatoms. The maximum absolute atomic E-state index is 11.6. The quantitative estimate of drug-likeness (QED) is 0.562. The summed E-state index contributed by atoms with van der Waals surface area (Å²) in [6.07, 6.45) is 4.84. The zero-order valence-corrected chi connectivity index (χ0v) is 13.0. The summed E-state index contributed by atoms with van der Waals surface area (Å²) in [5.41, 5.74) is 0.479. The van der Waals surface area contributed by atoms with Gasteiger partial charge in [-0.2, -0.15) is 0 Å². The Labute approximate surface area is 117 Å². The maximum atomic E-state index is 11.6. The topological polar surface area (TPSA) is 35.5 Å². The molecule has 0 aromatic rings. The molecule has 0 amide bonds. The van der Waals surface area contributed by atoms with E-state index in [1.165, 1.54) is 19.3 Å². The van der Waals surface area contributed by atoms with E-state index in [1.807, 2.05) is 13.8 Å². The minimum atomic E-state index is -0.145. The summed E-state index contributed by atoms with van der Waals surface area (Å²) in [6, 6.07) is 0. The van der Waals surface area contributed by atoms with Gasteiger partial charge >= 0.3 is 5.97 Å². The predicted molar refractivity (Wildman–Crippen MR) is 74.5 cm³/mol. The Kier molecular flexibility index (Phi) is 3.97. The van der Waals surface area contributed by atoms with Crippen LogP contribution in [0.3, 0.4) is 0 Å². The molecule has 2 saturated carbocycles. The van der Waals surface area contributed by atoms with Crippen LogP contribution in [0.1, 0.15) is 60.3 Å². The van der Waals surface area contributed by atoms with E-state index < -0.39 is 0 Å². The molecule has 0 aliphatic heterocycles.